The highest BCUT2D eigenvalue weighted by atomic mass is 19.3. The molecule has 0 aliphatic rings. The zero-order chi connectivity index (χ0) is 12.1. The highest BCUT2D eigenvalue weighted by Gasteiger charge is 2.16. The molecule has 0 amide bonds. The summed E-state index contributed by atoms with van der Waals surface area (Å²) < 4.78 is 23.8. The Hall–Kier alpha value is -1.40. The number of rotatable bonds is 5. The van der Waals surface area contributed by atoms with Crippen molar-refractivity contribution in [3.63, 3.8) is 0 Å². The molecule has 0 heterocycles. The average Bonchev–Trinajstić information content (AvgIpc) is 2.24. The van der Waals surface area contributed by atoms with E-state index < -0.39 is 12.5 Å². The summed E-state index contributed by atoms with van der Waals surface area (Å²) in [5, 5.41) is 29.9. The maximum atomic E-state index is 11.9. The first-order valence-corrected chi connectivity index (χ1v) is 4.69. The molecule has 0 saturated heterocycles. The maximum absolute atomic E-state index is 11.9. The average molecular weight is 233 g/mol. The van der Waals surface area contributed by atoms with Crippen molar-refractivity contribution >= 4 is 0 Å². The van der Waals surface area contributed by atoms with E-state index in [0.29, 0.717) is 5.56 Å². The van der Waals surface area contributed by atoms with Crippen molar-refractivity contribution in [3.05, 3.63) is 23.8 Å². The van der Waals surface area contributed by atoms with Gasteiger partial charge in [0.1, 0.15) is 6.10 Å². The summed E-state index contributed by atoms with van der Waals surface area (Å²) in [5.74, 6) is -0.560. The summed E-state index contributed by atoms with van der Waals surface area (Å²) in [4.78, 5) is 0. The Morgan fingerprint density at radius 2 is 1.94 bits per heavy atom. The lowest BCUT2D eigenvalue weighted by atomic mass is 10.2. The molecule has 1 aromatic carbocycles. The molecule has 90 valence electrons. The van der Waals surface area contributed by atoms with E-state index in [9.17, 15) is 13.9 Å². The number of halogens is 2. The molecule has 0 radical (unpaired) electrons. The van der Waals surface area contributed by atoms with Crippen molar-refractivity contribution in [3.8, 4) is 11.5 Å². The second-order valence-corrected chi connectivity index (χ2v) is 3.32. The number of aromatic hydroxyl groups is 2. The van der Waals surface area contributed by atoms with Crippen LogP contribution in [0.3, 0.4) is 0 Å². The minimum absolute atomic E-state index is 0.0873. The van der Waals surface area contributed by atoms with Crippen LogP contribution in [0.1, 0.15) is 5.56 Å². The van der Waals surface area contributed by atoms with E-state index in [1.807, 2.05) is 0 Å². The topological polar surface area (TPSA) is 72.7 Å². The van der Waals surface area contributed by atoms with Gasteiger partial charge in [0.15, 0.2) is 11.5 Å². The number of alkyl halides is 2. The van der Waals surface area contributed by atoms with Crippen LogP contribution < -0.4 is 5.32 Å². The van der Waals surface area contributed by atoms with Gasteiger partial charge in [-0.1, -0.05) is 12.1 Å². The minimum Gasteiger partial charge on any atom is -0.504 e. The van der Waals surface area contributed by atoms with Crippen LogP contribution >= 0.6 is 0 Å². The zero-order valence-electron chi connectivity index (χ0n) is 8.40. The second kappa shape index (κ2) is 5.62. The third-order valence-electron chi connectivity index (χ3n) is 2.06. The maximum Gasteiger partial charge on any atom is 0.265 e. The van der Waals surface area contributed by atoms with Gasteiger partial charge in [-0.2, -0.15) is 0 Å². The highest BCUT2D eigenvalue weighted by molar-refractivity contribution is 5.44. The van der Waals surface area contributed by atoms with E-state index in [1.54, 1.807) is 0 Å². The Morgan fingerprint density at radius 3 is 2.56 bits per heavy atom. The fraction of sp³-hybridized carbons (Fsp3) is 0.400. The number of para-hydroxylation sites is 1. The first-order valence-electron chi connectivity index (χ1n) is 4.69. The molecule has 0 aromatic heterocycles. The molecule has 1 rings (SSSR count). The van der Waals surface area contributed by atoms with Crippen LogP contribution in [0.4, 0.5) is 8.78 Å². The summed E-state index contributed by atoms with van der Waals surface area (Å²) in [6, 6.07) is 4.37. The molecule has 0 spiro atoms. The fourth-order valence-corrected chi connectivity index (χ4v) is 1.16. The van der Waals surface area contributed by atoms with E-state index in [4.69, 9.17) is 10.2 Å². The predicted octanol–water partition coefficient (Wildman–Crippen LogP) is 0.813. The summed E-state index contributed by atoms with van der Waals surface area (Å²) >= 11 is 0. The van der Waals surface area contributed by atoms with E-state index in [2.05, 4.69) is 5.32 Å². The Balaban J connectivity index is 2.46. The van der Waals surface area contributed by atoms with Crippen molar-refractivity contribution in [1.82, 2.24) is 5.32 Å². The van der Waals surface area contributed by atoms with Crippen LogP contribution in [0.5, 0.6) is 11.5 Å². The van der Waals surface area contributed by atoms with Gasteiger partial charge in [-0.3, -0.25) is 0 Å². The molecule has 0 bridgehead atoms. The van der Waals surface area contributed by atoms with Gasteiger partial charge in [0, 0.05) is 18.7 Å². The van der Waals surface area contributed by atoms with Crippen LogP contribution in [-0.4, -0.2) is 34.4 Å². The quantitative estimate of drug-likeness (QED) is 0.568. The van der Waals surface area contributed by atoms with Gasteiger partial charge in [-0.15, -0.1) is 0 Å². The molecule has 0 fully saturated rings. The van der Waals surface area contributed by atoms with Crippen LogP contribution in [-0.2, 0) is 6.54 Å². The summed E-state index contributed by atoms with van der Waals surface area (Å²) in [6.07, 6.45) is -4.54. The highest BCUT2D eigenvalue weighted by Crippen LogP contribution is 2.27. The molecule has 0 saturated carbocycles. The molecule has 4 nitrogen and oxygen atoms in total. The number of phenols is 2. The van der Waals surface area contributed by atoms with Gasteiger partial charge in [0.05, 0.1) is 0 Å². The Labute approximate surface area is 91.2 Å². The van der Waals surface area contributed by atoms with Gasteiger partial charge in [-0.25, -0.2) is 8.78 Å². The lowest BCUT2D eigenvalue weighted by Gasteiger charge is -2.11. The number of aliphatic hydroxyl groups is 1. The van der Waals surface area contributed by atoms with Crippen molar-refractivity contribution in [2.24, 2.45) is 0 Å². The molecule has 1 atom stereocenters. The number of phenolic OH excluding ortho intramolecular Hbond substituents is 2. The predicted molar refractivity (Wildman–Crippen MR) is 53.5 cm³/mol. The lowest BCUT2D eigenvalue weighted by molar-refractivity contribution is -0.00342. The number of benzene rings is 1. The molecular formula is C10H13F2NO3. The van der Waals surface area contributed by atoms with Gasteiger partial charge in [-0.05, 0) is 6.07 Å². The van der Waals surface area contributed by atoms with Gasteiger partial charge in [0.25, 0.3) is 6.43 Å². The summed E-state index contributed by atoms with van der Waals surface area (Å²) in [7, 11) is 0. The van der Waals surface area contributed by atoms with Gasteiger partial charge in [0.2, 0.25) is 0 Å². The fourth-order valence-electron chi connectivity index (χ4n) is 1.16. The molecule has 4 N–H and O–H groups in total. The zero-order valence-corrected chi connectivity index (χ0v) is 8.40. The van der Waals surface area contributed by atoms with Crippen LogP contribution in [0.25, 0.3) is 0 Å². The largest absolute Gasteiger partial charge is 0.504 e. The van der Waals surface area contributed by atoms with Gasteiger partial charge < -0.3 is 20.6 Å². The molecule has 1 unspecified atom stereocenters. The minimum atomic E-state index is -2.80. The molecule has 1 aromatic rings. The molecule has 0 aliphatic heterocycles. The SMILES string of the molecule is Oc1cccc(CNCC(O)C(F)F)c1O. The number of hydrogen-bond acceptors (Lipinski definition) is 4. The van der Waals surface area contributed by atoms with E-state index in [0.717, 1.165) is 0 Å². The number of aliphatic hydroxyl groups excluding tert-OH is 1. The molecule has 16 heavy (non-hydrogen) atoms. The lowest BCUT2D eigenvalue weighted by Crippen LogP contribution is -2.31. The first kappa shape index (κ1) is 12.7. The second-order valence-electron chi connectivity index (χ2n) is 3.32. The van der Waals surface area contributed by atoms with E-state index in [1.165, 1.54) is 18.2 Å². The third kappa shape index (κ3) is 3.32. The third-order valence-corrected chi connectivity index (χ3v) is 2.06. The van der Waals surface area contributed by atoms with E-state index >= 15 is 0 Å². The van der Waals surface area contributed by atoms with Gasteiger partial charge >= 0.3 is 0 Å². The first-order chi connectivity index (χ1) is 7.52. The normalized spacial score (nSPS) is 13.0. The molecule has 6 heteroatoms. The Kier molecular flexibility index (Phi) is 4.45. The van der Waals surface area contributed by atoms with Crippen LogP contribution in [0.2, 0.25) is 0 Å². The molecular weight excluding hydrogens is 220 g/mol. The van der Waals surface area contributed by atoms with E-state index in [-0.39, 0.29) is 24.6 Å². The van der Waals surface area contributed by atoms with Crippen molar-refractivity contribution in [2.45, 2.75) is 19.1 Å². The van der Waals surface area contributed by atoms with Crippen molar-refractivity contribution in [1.29, 1.82) is 0 Å². The Morgan fingerprint density at radius 1 is 1.25 bits per heavy atom. The summed E-state index contributed by atoms with van der Waals surface area (Å²) in [6.45, 7) is -0.198. The molecule has 0 aliphatic carbocycles. The monoisotopic (exact) mass is 233 g/mol. The Bertz CT molecular complexity index is 347. The number of hydrogen-bond donors (Lipinski definition) is 4. The van der Waals surface area contributed by atoms with Crippen LogP contribution in [0.15, 0.2) is 18.2 Å². The van der Waals surface area contributed by atoms with Crippen molar-refractivity contribution < 1.29 is 24.1 Å². The van der Waals surface area contributed by atoms with Crippen molar-refractivity contribution in [2.75, 3.05) is 6.54 Å². The van der Waals surface area contributed by atoms with Crippen LogP contribution in [0, 0.1) is 0 Å². The smallest absolute Gasteiger partial charge is 0.265 e. The standard InChI is InChI=1S/C10H13F2NO3/c11-10(12)8(15)5-13-4-6-2-1-3-7(14)9(6)16/h1-3,8,10,13-16H,4-5H2. The number of nitrogens with one attached hydrogen (secondary N) is 1. The summed E-state index contributed by atoms with van der Waals surface area (Å²) in [5.41, 5.74) is 0.376.